The van der Waals surface area contributed by atoms with Gasteiger partial charge in [-0.05, 0) is 29.8 Å². The summed E-state index contributed by atoms with van der Waals surface area (Å²) in [6, 6.07) is 13.9. The number of para-hydroxylation sites is 1. The molecule has 0 saturated carbocycles. The summed E-state index contributed by atoms with van der Waals surface area (Å²) in [6.45, 7) is 0.670. The number of ether oxygens (including phenoxy) is 1. The van der Waals surface area contributed by atoms with Crippen LogP contribution in [-0.4, -0.2) is 6.54 Å². The van der Waals surface area contributed by atoms with Crippen molar-refractivity contribution in [1.29, 1.82) is 0 Å². The number of halogens is 1. The van der Waals surface area contributed by atoms with Crippen LogP contribution in [0.4, 0.5) is 4.39 Å². The molecule has 19 heavy (non-hydrogen) atoms. The summed E-state index contributed by atoms with van der Waals surface area (Å²) in [7, 11) is 0. The van der Waals surface area contributed by atoms with Gasteiger partial charge in [-0.3, -0.25) is 0 Å². The summed E-state index contributed by atoms with van der Waals surface area (Å²) >= 11 is 0. The highest BCUT2D eigenvalue weighted by molar-refractivity contribution is 5.36. The van der Waals surface area contributed by atoms with Crippen LogP contribution in [0.25, 0.3) is 0 Å². The maximum Gasteiger partial charge on any atom is 0.165 e. The largest absolute Gasteiger partial charge is 0.486 e. The van der Waals surface area contributed by atoms with Crippen molar-refractivity contribution in [1.82, 2.24) is 0 Å². The Morgan fingerprint density at radius 2 is 1.79 bits per heavy atom. The standard InChI is InChI=1S/C16H14FNO/c17-15-5-1-2-6-16(15)19-12-14-9-7-13(8-10-14)4-3-11-18/h1-2,5-10H,11-12,18H2. The Labute approximate surface area is 112 Å². The first kappa shape index (κ1) is 13.1. The minimum atomic E-state index is -0.354. The van der Waals surface area contributed by atoms with Gasteiger partial charge in [0, 0.05) is 5.56 Å². The highest BCUT2D eigenvalue weighted by atomic mass is 19.1. The second-order valence-electron chi connectivity index (χ2n) is 3.92. The fourth-order valence-corrected chi connectivity index (χ4v) is 1.56. The maximum absolute atomic E-state index is 13.3. The maximum atomic E-state index is 13.3. The molecule has 0 saturated heterocycles. The molecular formula is C16H14FNO. The van der Waals surface area contributed by atoms with Crippen LogP contribution < -0.4 is 10.5 Å². The lowest BCUT2D eigenvalue weighted by Crippen LogP contribution is -1.97. The zero-order chi connectivity index (χ0) is 13.5. The van der Waals surface area contributed by atoms with Crippen LogP contribution in [0.15, 0.2) is 48.5 Å². The zero-order valence-electron chi connectivity index (χ0n) is 10.4. The van der Waals surface area contributed by atoms with Crippen LogP contribution in [0.3, 0.4) is 0 Å². The Morgan fingerprint density at radius 3 is 2.47 bits per heavy atom. The van der Waals surface area contributed by atoms with Crippen molar-refractivity contribution in [2.75, 3.05) is 6.54 Å². The predicted octanol–water partition coefficient (Wildman–Crippen LogP) is 2.71. The zero-order valence-corrected chi connectivity index (χ0v) is 10.4. The van der Waals surface area contributed by atoms with Crippen LogP contribution in [0.5, 0.6) is 5.75 Å². The van der Waals surface area contributed by atoms with Gasteiger partial charge in [-0.15, -0.1) is 0 Å². The van der Waals surface area contributed by atoms with E-state index in [-0.39, 0.29) is 11.6 Å². The number of benzene rings is 2. The van der Waals surface area contributed by atoms with E-state index in [1.54, 1.807) is 18.2 Å². The van der Waals surface area contributed by atoms with Gasteiger partial charge >= 0.3 is 0 Å². The highest BCUT2D eigenvalue weighted by Gasteiger charge is 2.01. The van der Waals surface area contributed by atoms with Gasteiger partial charge in [-0.25, -0.2) is 4.39 Å². The fraction of sp³-hybridized carbons (Fsp3) is 0.125. The van der Waals surface area contributed by atoms with E-state index in [0.717, 1.165) is 11.1 Å². The molecule has 0 aromatic heterocycles. The molecule has 0 fully saturated rings. The van der Waals surface area contributed by atoms with Crippen LogP contribution in [0.2, 0.25) is 0 Å². The van der Waals surface area contributed by atoms with Crippen molar-refractivity contribution in [2.24, 2.45) is 5.73 Å². The van der Waals surface area contributed by atoms with Crippen LogP contribution >= 0.6 is 0 Å². The van der Waals surface area contributed by atoms with E-state index >= 15 is 0 Å². The minimum absolute atomic E-state index is 0.259. The lowest BCUT2D eigenvalue weighted by Gasteiger charge is -2.07. The molecule has 2 rings (SSSR count). The Hall–Kier alpha value is -2.31. The molecule has 2 nitrogen and oxygen atoms in total. The van der Waals surface area contributed by atoms with Crippen molar-refractivity contribution in [3.8, 4) is 17.6 Å². The van der Waals surface area contributed by atoms with E-state index in [1.165, 1.54) is 6.07 Å². The van der Waals surface area contributed by atoms with Crippen molar-refractivity contribution in [3.63, 3.8) is 0 Å². The first-order valence-electron chi connectivity index (χ1n) is 5.95. The van der Waals surface area contributed by atoms with Gasteiger partial charge in [0.1, 0.15) is 6.61 Å². The average Bonchev–Trinajstić information content (AvgIpc) is 2.45. The normalized spacial score (nSPS) is 9.58. The number of nitrogens with two attached hydrogens (primary N) is 1. The molecule has 0 atom stereocenters. The molecule has 0 spiro atoms. The van der Waals surface area contributed by atoms with E-state index in [0.29, 0.717) is 13.2 Å². The number of rotatable bonds is 3. The second kappa shape index (κ2) is 6.58. The van der Waals surface area contributed by atoms with Crippen molar-refractivity contribution in [3.05, 3.63) is 65.5 Å². The van der Waals surface area contributed by atoms with Crippen LogP contribution in [-0.2, 0) is 6.61 Å². The first-order valence-corrected chi connectivity index (χ1v) is 5.95. The summed E-state index contributed by atoms with van der Waals surface area (Å²) in [6.07, 6.45) is 0. The molecule has 3 heteroatoms. The van der Waals surface area contributed by atoms with E-state index in [9.17, 15) is 4.39 Å². The van der Waals surface area contributed by atoms with Gasteiger partial charge in [-0.2, -0.15) is 0 Å². The number of hydrogen-bond acceptors (Lipinski definition) is 2. The summed E-state index contributed by atoms with van der Waals surface area (Å²) in [5.74, 6) is 5.63. The van der Waals surface area contributed by atoms with Gasteiger partial charge in [0.15, 0.2) is 11.6 Å². The van der Waals surface area contributed by atoms with Crippen LogP contribution in [0.1, 0.15) is 11.1 Å². The Balaban J connectivity index is 1.99. The molecule has 0 aliphatic carbocycles. The molecule has 96 valence electrons. The summed E-state index contributed by atoms with van der Waals surface area (Å²) < 4.78 is 18.8. The molecule has 2 aromatic carbocycles. The topological polar surface area (TPSA) is 35.2 Å². The summed E-state index contributed by atoms with van der Waals surface area (Å²) in [5, 5.41) is 0. The lowest BCUT2D eigenvalue weighted by molar-refractivity contribution is 0.290. The highest BCUT2D eigenvalue weighted by Crippen LogP contribution is 2.17. The smallest absolute Gasteiger partial charge is 0.165 e. The Kier molecular flexibility index (Phi) is 4.54. The molecule has 0 radical (unpaired) electrons. The van der Waals surface area contributed by atoms with E-state index in [1.807, 2.05) is 24.3 Å². The molecule has 0 unspecified atom stereocenters. The fourth-order valence-electron chi connectivity index (χ4n) is 1.56. The van der Waals surface area contributed by atoms with Crippen molar-refractivity contribution in [2.45, 2.75) is 6.61 Å². The van der Waals surface area contributed by atoms with Crippen molar-refractivity contribution < 1.29 is 9.13 Å². The monoisotopic (exact) mass is 255 g/mol. The second-order valence-corrected chi connectivity index (χ2v) is 3.92. The average molecular weight is 255 g/mol. The molecule has 0 aliphatic heterocycles. The van der Waals surface area contributed by atoms with Gasteiger partial charge in [-0.1, -0.05) is 36.1 Å². The number of hydrogen-bond donors (Lipinski definition) is 1. The predicted molar refractivity (Wildman–Crippen MR) is 73.1 cm³/mol. The quantitative estimate of drug-likeness (QED) is 0.856. The van der Waals surface area contributed by atoms with Gasteiger partial charge in [0.25, 0.3) is 0 Å². The molecular weight excluding hydrogens is 241 g/mol. The molecule has 0 aliphatic rings. The third-order valence-electron chi connectivity index (χ3n) is 2.52. The summed E-state index contributed by atoms with van der Waals surface area (Å²) in [4.78, 5) is 0. The molecule has 2 aromatic rings. The summed E-state index contributed by atoms with van der Waals surface area (Å²) in [5.41, 5.74) is 7.17. The third-order valence-corrected chi connectivity index (χ3v) is 2.52. The van der Waals surface area contributed by atoms with E-state index < -0.39 is 0 Å². The van der Waals surface area contributed by atoms with Crippen LogP contribution in [0, 0.1) is 17.7 Å². The molecule has 0 heterocycles. The minimum Gasteiger partial charge on any atom is -0.486 e. The molecule has 0 bridgehead atoms. The van der Waals surface area contributed by atoms with Crippen molar-refractivity contribution >= 4 is 0 Å². The first-order chi connectivity index (χ1) is 9.29. The van der Waals surface area contributed by atoms with Gasteiger partial charge in [0.2, 0.25) is 0 Å². The molecule has 0 amide bonds. The third kappa shape index (κ3) is 3.84. The van der Waals surface area contributed by atoms with E-state index in [4.69, 9.17) is 10.5 Å². The molecule has 2 N–H and O–H groups in total. The van der Waals surface area contributed by atoms with E-state index in [2.05, 4.69) is 11.8 Å². The van der Waals surface area contributed by atoms with Gasteiger partial charge < -0.3 is 10.5 Å². The Morgan fingerprint density at radius 1 is 1.05 bits per heavy atom. The SMILES string of the molecule is NCC#Cc1ccc(COc2ccccc2F)cc1. The lowest BCUT2D eigenvalue weighted by atomic mass is 10.1. The van der Waals surface area contributed by atoms with Gasteiger partial charge in [0.05, 0.1) is 6.54 Å². The Bertz CT molecular complexity index is 596.